The number of esters is 1. The summed E-state index contributed by atoms with van der Waals surface area (Å²) >= 11 is 0. The minimum Gasteiger partial charge on any atom is -0.460 e. The molecule has 0 radical (unpaired) electrons. The van der Waals surface area contributed by atoms with Gasteiger partial charge in [-0.2, -0.15) is 0 Å². The van der Waals surface area contributed by atoms with E-state index in [1.54, 1.807) is 0 Å². The standard InChI is InChI=1S/C11H20O3/c1-3-5-6-13-8-10-7-9(4-2)11(12)14-10/h9-10H,3-8H2,1-2H3. The lowest BCUT2D eigenvalue weighted by Crippen LogP contribution is -2.15. The molecule has 0 amide bonds. The molecule has 2 atom stereocenters. The number of carbonyl (C=O) groups is 1. The van der Waals surface area contributed by atoms with Crippen LogP contribution in [0.5, 0.6) is 0 Å². The van der Waals surface area contributed by atoms with Crippen molar-refractivity contribution in [2.75, 3.05) is 13.2 Å². The van der Waals surface area contributed by atoms with E-state index in [1.807, 2.05) is 6.92 Å². The average molecular weight is 200 g/mol. The molecule has 3 nitrogen and oxygen atoms in total. The molecule has 2 unspecified atom stereocenters. The van der Waals surface area contributed by atoms with Crippen LogP contribution in [-0.2, 0) is 14.3 Å². The van der Waals surface area contributed by atoms with E-state index >= 15 is 0 Å². The Labute approximate surface area is 85.8 Å². The molecule has 0 saturated carbocycles. The second-order valence-electron chi connectivity index (χ2n) is 3.83. The second kappa shape index (κ2) is 6.02. The smallest absolute Gasteiger partial charge is 0.309 e. The Balaban J connectivity index is 2.12. The van der Waals surface area contributed by atoms with E-state index in [0.717, 1.165) is 32.3 Å². The zero-order valence-corrected chi connectivity index (χ0v) is 9.12. The zero-order valence-electron chi connectivity index (χ0n) is 9.12. The summed E-state index contributed by atoms with van der Waals surface area (Å²) in [6.07, 6.45) is 3.94. The van der Waals surface area contributed by atoms with Crippen molar-refractivity contribution < 1.29 is 14.3 Å². The first kappa shape index (κ1) is 11.5. The SMILES string of the molecule is CCCCOCC1CC(CC)C(=O)O1. The molecule has 1 aliphatic heterocycles. The van der Waals surface area contributed by atoms with Gasteiger partial charge in [0.1, 0.15) is 6.10 Å². The van der Waals surface area contributed by atoms with Gasteiger partial charge in [0.05, 0.1) is 12.5 Å². The summed E-state index contributed by atoms with van der Waals surface area (Å²) < 4.78 is 10.6. The predicted molar refractivity (Wildman–Crippen MR) is 54.0 cm³/mol. The first-order valence-electron chi connectivity index (χ1n) is 5.56. The third-order valence-corrected chi connectivity index (χ3v) is 2.60. The lowest BCUT2D eigenvalue weighted by atomic mass is 10.0. The highest BCUT2D eigenvalue weighted by atomic mass is 16.6. The third kappa shape index (κ3) is 3.29. The fraction of sp³-hybridized carbons (Fsp3) is 0.909. The van der Waals surface area contributed by atoms with E-state index in [-0.39, 0.29) is 18.0 Å². The molecular formula is C11H20O3. The van der Waals surface area contributed by atoms with Crippen molar-refractivity contribution in [2.45, 2.75) is 45.6 Å². The van der Waals surface area contributed by atoms with E-state index in [2.05, 4.69) is 6.92 Å². The minimum absolute atomic E-state index is 0.00399. The van der Waals surface area contributed by atoms with Crippen LogP contribution in [0.2, 0.25) is 0 Å². The molecule has 14 heavy (non-hydrogen) atoms. The van der Waals surface area contributed by atoms with Crippen LogP contribution < -0.4 is 0 Å². The van der Waals surface area contributed by atoms with E-state index in [4.69, 9.17) is 9.47 Å². The molecule has 0 aromatic rings. The molecular weight excluding hydrogens is 180 g/mol. The molecule has 1 saturated heterocycles. The van der Waals surface area contributed by atoms with Gasteiger partial charge in [-0.05, 0) is 19.3 Å². The topological polar surface area (TPSA) is 35.5 Å². The summed E-state index contributed by atoms with van der Waals surface area (Å²) in [6, 6.07) is 0. The molecule has 0 N–H and O–H groups in total. The second-order valence-corrected chi connectivity index (χ2v) is 3.83. The van der Waals surface area contributed by atoms with E-state index < -0.39 is 0 Å². The van der Waals surface area contributed by atoms with Crippen LogP contribution in [0.1, 0.15) is 39.5 Å². The number of carbonyl (C=O) groups excluding carboxylic acids is 1. The van der Waals surface area contributed by atoms with E-state index in [1.165, 1.54) is 0 Å². The van der Waals surface area contributed by atoms with Crippen LogP contribution in [-0.4, -0.2) is 25.3 Å². The fourth-order valence-electron chi connectivity index (χ4n) is 1.62. The molecule has 0 aromatic carbocycles. The molecule has 3 heteroatoms. The van der Waals surface area contributed by atoms with Crippen LogP contribution in [0.4, 0.5) is 0 Å². The Morgan fingerprint density at radius 1 is 1.50 bits per heavy atom. The van der Waals surface area contributed by atoms with Crippen molar-refractivity contribution in [3.63, 3.8) is 0 Å². The first-order chi connectivity index (χ1) is 6.77. The Hall–Kier alpha value is -0.570. The summed E-state index contributed by atoms with van der Waals surface area (Å²) in [5.74, 6) is 0.0615. The third-order valence-electron chi connectivity index (χ3n) is 2.60. The summed E-state index contributed by atoms with van der Waals surface area (Å²) in [5, 5.41) is 0. The monoisotopic (exact) mass is 200 g/mol. The molecule has 0 bridgehead atoms. The van der Waals surface area contributed by atoms with Gasteiger partial charge in [0.2, 0.25) is 0 Å². The summed E-state index contributed by atoms with van der Waals surface area (Å²) in [7, 11) is 0. The highest BCUT2D eigenvalue weighted by molar-refractivity contribution is 5.74. The van der Waals surface area contributed by atoms with Crippen LogP contribution in [0.15, 0.2) is 0 Å². The molecule has 1 rings (SSSR count). The zero-order chi connectivity index (χ0) is 10.4. The summed E-state index contributed by atoms with van der Waals surface area (Å²) in [4.78, 5) is 11.2. The van der Waals surface area contributed by atoms with Gasteiger partial charge in [-0.3, -0.25) is 4.79 Å². The maximum Gasteiger partial charge on any atom is 0.309 e. The Bertz CT molecular complexity index is 179. The number of rotatable bonds is 6. The normalized spacial score (nSPS) is 26.6. The van der Waals surface area contributed by atoms with Crippen molar-refractivity contribution in [3.8, 4) is 0 Å². The molecule has 1 heterocycles. The largest absolute Gasteiger partial charge is 0.460 e. The van der Waals surface area contributed by atoms with E-state index in [0.29, 0.717) is 6.61 Å². The van der Waals surface area contributed by atoms with Crippen LogP contribution in [0.3, 0.4) is 0 Å². The Kier molecular flexibility index (Phi) is 4.94. The van der Waals surface area contributed by atoms with Crippen LogP contribution >= 0.6 is 0 Å². The minimum atomic E-state index is -0.0448. The van der Waals surface area contributed by atoms with Gasteiger partial charge in [0.25, 0.3) is 0 Å². The van der Waals surface area contributed by atoms with Crippen molar-refractivity contribution in [3.05, 3.63) is 0 Å². The number of hydrogen-bond acceptors (Lipinski definition) is 3. The van der Waals surface area contributed by atoms with Gasteiger partial charge < -0.3 is 9.47 Å². The lowest BCUT2D eigenvalue weighted by molar-refractivity contribution is -0.146. The number of hydrogen-bond donors (Lipinski definition) is 0. The van der Waals surface area contributed by atoms with Gasteiger partial charge >= 0.3 is 5.97 Å². The molecule has 1 fully saturated rings. The van der Waals surface area contributed by atoms with Gasteiger partial charge in [0.15, 0.2) is 0 Å². The van der Waals surface area contributed by atoms with E-state index in [9.17, 15) is 4.79 Å². The summed E-state index contributed by atoms with van der Waals surface area (Å²) in [5.41, 5.74) is 0. The molecule has 0 spiro atoms. The van der Waals surface area contributed by atoms with Gasteiger partial charge in [0, 0.05) is 6.61 Å². The number of cyclic esters (lactones) is 1. The lowest BCUT2D eigenvalue weighted by Gasteiger charge is -2.08. The molecule has 82 valence electrons. The predicted octanol–water partition coefficient (Wildman–Crippen LogP) is 2.14. The van der Waals surface area contributed by atoms with Gasteiger partial charge in [-0.15, -0.1) is 0 Å². The average Bonchev–Trinajstić information content (AvgIpc) is 2.54. The number of ether oxygens (including phenoxy) is 2. The maximum atomic E-state index is 11.2. The molecule has 0 aliphatic carbocycles. The Morgan fingerprint density at radius 3 is 2.86 bits per heavy atom. The molecule has 1 aliphatic rings. The fourth-order valence-corrected chi connectivity index (χ4v) is 1.62. The maximum absolute atomic E-state index is 11.2. The number of unbranched alkanes of at least 4 members (excludes halogenated alkanes) is 1. The quantitative estimate of drug-likeness (QED) is 0.487. The van der Waals surface area contributed by atoms with Gasteiger partial charge in [-0.25, -0.2) is 0 Å². The van der Waals surface area contributed by atoms with Crippen molar-refractivity contribution in [2.24, 2.45) is 5.92 Å². The van der Waals surface area contributed by atoms with Gasteiger partial charge in [-0.1, -0.05) is 20.3 Å². The van der Waals surface area contributed by atoms with Crippen LogP contribution in [0.25, 0.3) is 0 Å². The van der Waals surface area contributed by atoms with Crippen molar-refractivity contribution in [1.82, 2.24) is 0 Å². The highest BCUT2D eigenvalue weighted by Gasteiger charge is 2.32. The Morgan fingerprint density at radius 2 is 2.29 bits per heavy atom. The van der Waals surface area contributed by atoms with Crippen molar-refractivity contribution >= 4 is 5.97 Å². The van der Waals surface area contributed by atoms with Crippen molar-refractivity contribution in [1.29, 1.82) is 0 Å². The highest BCUT2D eigenvalue weighted by Crippen LogP contribution is 2.23. The molecule has 0 aromatic heterocycles. The van der Waals surface area contributed by atoms with Crippen LogP contribution in [0, 0.1) is 5.92 Å². The summed E-state index contributed by atoms with van der Waals surface area (Å²) in [6.45, 7) is 5.50. The first-order valence-corrected chi connectivity index (χ1v) is 5.56.